The van der Waals surface area contributed by atoms with Crippen LogP contribution in [0.2, 0.25) is 0 Å². The van der Waals surface area contributed by atoms with Gasteiger partial charge in [0, 0.05) is 61.8 Å². The van der Waals surface area contributed by atoms with Crippen molar-refractivity contribution in [3.05, 3.63) is 48.8 Å². The molecule has 0 aliphatic carbocycles. The SMILES string of the molecule is CC(=O)CC(C)=O.CC(=O)CC(C)=O.CC(=O)CC(C)=O.[Tb].c1cnc2c(c1)ccc1ncccc12. The number of carbonyl (C=O) groups excluding carboxylic acids is 6. The van der Waals surface area contributed by atoms with Gasteiger partial charge in [-0.25, -0.2) is 0 Å². The molecule has 0 bridgehead atoms. The molecule has 9 heteroatoms. The molecular formula is C27H32N2O6Tb. The number of hydrogen-bond donors (Lipinski definition) is 0. The topological polar surface area (TPSA) is 128 Å². The van der Waals surface area contributed by atoms with Crippen molar-refractivity contribution in [3.63, 3.8) is 0 Å². The predicted octanol–water partition coefficient (Wildman–Crippen LogP) is 4.45. The average molecular weight is 639 g/mol. The number of rotatable bonds is 6. The molecule has 0 fully saturated rings. The quantitative estimate of drug-likeness (QED) is 0.286. The van der Waals surface area contributed by atoms with Crippen LogP contribution in [0.15, 0.2) is 48.8 Å². The summed E-state index contributed by atoms with van der Waals surface area (Å²) in [6.45, 7) is 8.42. The second kappa shape index (κ2) is 19.5. The molecule has 0 amide bonds. The Morgan fingerprint density at radius 1 is 0.556 bits per heavy atom. The van der Waals surface area contributed by atoms with Gasteiger partial charge in [0.25, 0.3) is 0 Å². The number of benzene rings is 1. The number of carbonyl (C=O) groups is 6. The van der Waals surface area contributed by atoms with E-state index in [1.807, 2.05) is 24.4 Å². The minimum Gasteiger partial charge on any atom is -0.300 e. The van der Waals surface area contributed by atoms with Gasteiger partial charge in [-0.1, -0.05) is 12.1 Å². The Hall–Kier alpha value is -2.65. The van der Waals surface area contributed by atoms with Gasteiger partial charge in [0.1, 0.15) is 34.7 Å². The van der Waals surface area contributed by atoms with Crippen LogP contribution < -0.4 is 0 Å². The van der Waals surface area contributed by atoms with Gasteiger partial charge in [0.2, 0.25) is 0 Å². The monoisotopic (exact) mass is 639 g/mol. The Balaban J connectivity index is 0. The zero-order chi connectivity index (χ0) is 27.0. The fraction of sp³-hybridized carbons (Fsp3) is 0.333. The summed E-state index contributed by atoms with van der Waals surface area (Å²) < 4.78 is 0. The number of ketones is 6. The van der Waals surface area contributed by atoms with Gasteiger partial charge in [-0.3, -0.25) is 38.7 Å². The van der Waals surface area contributed by atoms with E-state index in [-0.39, 0.29) is 92.6 Å². The molecule has 0 atom stereocenters. The van der Waals surface area contributed by atoms with Gasteiger partial charge in [-0.15, -0.1) is 0 Å². The fourth-order valence-electron chi connectivity index (χ4n) is 2.75. The maximum absolute atomic E-state index is 10.0. The van der Waals surface area contributed by atoms with Crippen molar-refractivity contribution >= 4 is 56.5 Å². The largest absolute Gasteiger partial charge is 0.300 e. The van der Waals surface area contributed by atoms with Gasteiger partial charge in [0.15, 0.2) is 0 Å². The smallest absolute Gasteiger partial charge is 0.137 e. The van der Waals surface area contributed by atoms with Crippen molar-refractivity contribution in [2.75, 3.05) is 0 Å². The van der Waals surface area contributed by atoms with Crippen LogP contribution in [-0.2, 0) is 28.8 Å². The van der Waals surface area contributed by atoms with E-state index in [1.54, 1.807) is 6.20 Å². The minimum atomic E-state index is -0.0625. The average Bonchev–Trinajstić information content (AvgIpc) is 2.72. The molecule has 0 aliphatic heterocycles. The first kappa shape index (κ1) is 35.5. The molecule has 0 saturated carbocycles. The summed E-state index contributed by atoms with van der Waals surface area (Å²) in [6.07, 6.45) is 3.87. The molecule has 1 aromatic carbocycles. The molecule has 0 spiro atoms. The summed E-state index contributed by atoms with van der Waals surface area (Å²) in [5.41, 5.74) is 2.02. The van der Waals surface area contributed by atoms with Crippen LogP contribution in [0.4, 0.5) is 0 Å². The molecule has 0 unspecified atom stereocenters. The van der Waals surface area contributed by atoms with Gasteiger partial charge < -0.3 is 0 Å². The van der Waals surface area contributed by atoms with Crippen molar-refractivity contribution in [1.29, 1.82) is 0 Å². The third kappa shape index (κ3) is 17.7. The number of fused-ring (bicyclic) bond motifs is 3. The van der Waals surface area contributed by atoms with Crippen LogP contribution in [0.25, 0.3) is 21.8 Å². The van der Waals surface area contributed by atoms with E-state index in [1.165, 1.54) is 41.5 Å². The molecule has 2 heterocycles. The Morgan fingerprint density at radius 3 is 1.33 bits per heavy atom. The number of hydrogen-bond acceptors (Lipinski definition) is 8. The molecule has 0 aliphatic rings. The van der Waals surface area contributed by atoms with Crippen LogP contribution >= 0.6 is 0 Å². The van der Waals surface area contributed by atoms with Gasteiger partial charge >= 0.3 is 0 Å². The molecule has 3 aromatic rings. The second-order valence-corrected chi connectivity index (χ2v) is 7.95. The molecule has 1 radical (unpaired) electrons. The molecule has 8 nitrogen and oxygen atoms in total. The van der Waals surface area contributed by atoms with Crippen LogP contribution in [0.5, 0.6) is 0 Å². The molecular weight excluding hydrogens is 607 g/mol. The first-order valence-corrected chi connectivity index (χ1v) is 10.9. The zero-order valence-corrected chi connectivity index (χ0v) is 23.6. The summed E-state index contributed by atoms with van der Waals surface area (Å²) in [7, 11) is 0. The van der Waals surface area contributed by atoms with E-state index >= 15 is 0 Å². The normalized spacial score (nSPS) is 9.06. The van der Waals surface area contributed by atoms with E-state index in [4.69, 9.17) is 0 Å². The molecule has 3 rings (SSSR count). The van der Waals surface area contributed by atoms with Crippen molar-refractivity contribution in [2.45, 2.75) is 60.8 Å². The maximum Gasteiger partial charge on any atom is 0.137 e. The summed E-state index contributed by atoms with van der Waals surface area (Å²) >= 11 is 0. The molecule has 2 aromatic heterocycles. The Labute approximate surface area is 242 Å². The van der Waals surface area contributed by atoms with E-state index in [9.17, 15) is 28.8 Å². The van der Waals surface area contributed by atoms with Crippen molar-refractivity contribution in [1.82, 2.24) is 9.97 Å². The summed E-state index contributed by atoms with van der Waals surface area (Å²) in [6, 6.07) is 12.1. The number of pyridine rings is 2. The first-order chi connectivity index (χ1) is 16.3. The molecule has 0 N–H and O–H groups in total. The van der Waals surface area contributed by atoms with Crippen LogP contribution in [0, 0.1) is 38.6 Å². The first-order valence-electron chi connectivity index (χ1n) is 10.9. The fourth-order valence-corrected chi connectivity index (χ4v) is 2.75. The summed E-state index contributed by atoms with van der Waals surface area (Å²) in [5, 5.41) is 2.28. The van der Waals surface area contributed by atoms with E-state index in [0.29, 0.717) is 0 Å². The number of aromatic nitrogens is 2. The van der Waals surface area contributed by atoms with Crippen LogP contribution in [0.1, 0.15) is 60.8 Å². The second-order valence-electron chi connectivity index (χ2n) is 7.95. The molecule has 195 valence electrons. The van der Waals surface area contributed by atoms with Crippen molar-refractivity contribution in [2.24, 2.45) is 0 Å². The molecule has 0 saturated heterocycles. The maximum atomic E-state index is 10.0. The molecule has 36 heavy (non-hydrogen) atoms. The third-order valence-electron chi connectivity index (χ3n) is 3.85. The van der Waals surface area contributed by atoms with E-state index in [0.717, 1.165) is 21.8 Å². The standard InChI is InChI=1S/C12H8N2.3C5H8O2.Tb/c1-3-9-5-6-11-10(4-2-7-13-11)12(9)14-8-1;3*1-4(6)3-5(2)7;/h1-8H;3*3H2,1-2H3;. The number of nitrogens with zero attached hydrogens (tertiary/aromatic N) is 2. The van der Waals surface area contributed by atoms with Crippen molar-refractivity contribution in [3.8, 4) is 0 Å². The Morgan fingerprint density at radius 2 is 0.944 bits per heavy atom. The van der Waals surface area contributed by atoms with E-state index < -0.39 is 0 Å². The predicted molar refractivity (Wildman–Crippen MR) is 135 cm³/mol. The van der Waals surface area contributed by atoms with Crippen LogP contribution in [0.3, 0.4) is 0 Å². The Bertz CT molecular complexity index is 1050. The van der Waals surface area contributed by atoms with Gasteiger partial charge in [0.05, 0.1) is 30.3 Å². The van der Waals surface area contributed by atoms with Crippen LogP contribution in [-0.4, -0.2) is 44.7 Å². The minimum absolute atomic E-state index is 0. The number of Topliss-reactive ketones (excluding diaryl/α,β-unsaturated/α-hetero) is 6. The third-order valence-corrected chi connectivity index (χ3v) is 3.85. The van der Waals surface area contributed by atoms with Gasteiger partial charge in [-0.2, -0.15) is 0 Å². The van der Waals surface area contributed by atoms with E-state index in [2.05, 4.69) is 28.2 Å². The van der Waals surface area contributed by atoms with Crippen molar-refractivity contribution < 1.29 is 67.4 Å². The summed E-state index contributed by atoms with van der Waals surface area (Å²) in [5.74, 6) is -0.375. The Kier molecular flexibility index (Phi) is 19.3. The van der Waals surface area contributed by atoms with Gasteiger partial charge in [-0.05, 0) is 65.8 Å². The zero-order valence-electron chi connectivity index (χ0n) is 21.4. The summed E-state index contributed by atoms with van der Waals surface area (Å²) in [4.78, 5) is 68.9.